The first-order valence-electron chi connectivity index (χ1n) is 6.71. The molecule has 0 radical (unpaired) electrons. The summed E-state index contributed by atoms with van der Waals surface area (Å²) in [6.07, 6.45) is 0.242. The molecule has 1 aliphatic heterocycles. The van der Waals surface area contributed by atoms with E-state index in [1.165, 1.54) is 0 Å². The maximum atomic E-state index is 10.5. The van der Waals surface area contributed by atoms with Crippen LogP contribution < -0.4 is 0 Å². The first-order valence-corrected chi connectivity index (χ1v) is 6.71. The third-order valence-electron chi connectivity index (χ3n) is 3.62. The van der Waals surface area contributed by atoms with Crippen LogP contribution in [0.1, 0.15) is 20.3 Å². The number of piperazine rings is 1. The van der Waals surface area contributed by atoms with Gasteiger partial charge in [0.25, 0.3) is 0 Å². The van der Waals surface area contributed by atoms with Crippen molar-refractivity contribution in [2.75, 3.05) is 46.4 Å². The zero-order valence-electron chi connectivity index (χ0n) is 11.8. The van der Waals surface area contributed by atoms with E-state index in [2.05, 4.69) is 23.6 Å². The molecule has 1 heterocycles. The molecule has 5 heteroatoms. The van der Waals surface area contributed by atoms with E-state index < -0.39 is 5.97 Å². The smallest absolute Gasteiger partial charge is 0.304 e. The van der Waals surface area contributed by atoms with Crippen molar-refractivity contribution >= 4 is 5.97 Å². The van der Waals surface area contributed by atoms with Crippen molar-refractivity contribution in [2.24, 2.45) is 5.92 Å². The second kappa shape index (κ2) is 7.71. The molecule has 18 heavy (non-hydrogen) atoms. The maximum absolute atomic E-state index is 10.5. The Kier molecular flexibility index (Phi) is 6.60. The van der Waals surface area contributed by atoms with E-state index in [-0.39, 0.29) is 6.42 Å². The fourth-order valence-corrected chi connectivity index (χ4v) is 2.46. The number of aliphatic carboxylic acids is 1. The topological polar surface area (TPSA) is 53.0 Å². The lowest BCUT2D eigenvalue weighted by Crippen LogP contribution is -2.53. The molecule has 1 aliphatic rings. The lowest BCUT2D eigenvalue weighted by Gasteiger charge is -2.40. The molecular weight excluding hydrogens is 232 g/mol. The van der Waals surface area contributed by atoms with Crippen LogP contribution in [0.4, 0.5) is 0 Å². The van der Waals surface area contributed by atoms with Gasteiger partial charge in [0.15, 0.2) is 0 Å². The number of nitrogens with zero attached hydrogens (tertiary/aromatic N) is 2. The Labute approximate surface area is 110 Å². The Bertz CT molecular complexity index is 251. The summed E-state index contributed by atoms with van der Waals surface area (Å²) in [5.74, 6) is -0.132. The van der Waals surface area contributed by atoms with Gasteiger partial charge in [0, 0.05) is 45.9 Å². The SMILES string of the molecule is COCC(C(C)C)N1CCN(CCC(=O)O)CC1. The van der Waals surface area contributed by atoms with Crippen LogP contribution >= 0.6 is 0 Å². The Morgan fingerprint density at radius 1 is 1.28 bits per heavy atom. The summed E-state index contributed by atoms with van der Waals surface area (Å²) in [6.45, 7) is 9.81. The number of carboxylic acids is 1. The quantitative estimate of drug-likeness (QED) is 0.730. The van der Waals surface area contributed by atoms with Gasteiger partial charge in [-0.25, -0.2) is 0 Å². The Morgan fingerprint density at radius 2 is 1.89 bits per heavy atom. The standard InChI is InChI=1S/C13H26N2O3/c1-11(2)12(10-18-3)15-8-6-14(7-9-15)5-4-13(16)17/h11-12H,4-10H2,1-3H3,(H,16,17). The van der Waals surface area contributed by atoms with E-state index in [9.17, 15) is 4.79 Å². The average Bonchev–Trinajstić information content (AvgIpc) is 2.34. The van der Waals surface area contributed by atoms with Crippen molar-refractivity contribution in [1.29, 1.82) is 0 Å². The van der Waals surface area contributed by atoms with Gasteiger partial charge in [-0.1, -0.05) is 13.8 Å². The lowest BCUT2D eigenvalue weighted by molar-refractivity contribution is -0.137. The number of hydrogen-bond acceptors (Lipinski definition) is 4. The Morgan fingerprint density at radius 3 is 2.33 bits per heavy atom. The third-order valence-corrected chi connectivity index (χ3v) is 3.62. The van der Waals surface area contributed by atoms with Gasteiger partial charge >= 0.3 is 5.97 Å². The van der Waals surface area contributed by atoms with E-state index in [0.29, 0.717) is 18.5 Å². The summed E-state index contributed by atoms with van der Waals surface area (Å²) in [5.41, 5.74) is 0. The van der Waals surface area contributed by atoms with Crippen LogP contribution in [0.25, 0.3) is 0 Å². The number of rotatable bonds is 7. The van der Waals surface area contributed by atoms with E-state index >= 15 is 0 Å². The van der Waals surface area contributed by atoms with Gasteiger partial charge < -0.3 is 14.7 Å². The summed E-state index contributed by atoms with van der Waals surface area (Å²) in [4.78, 5) is 15.2. The van der Waals surface area contributed by atoms with Crippen molar-refractivity contribution in [2.45, 2.75) is 26.3 Å². The highest BCUT2D eigenvalue weighted by Gasteiger charge is 2.25. The van der Waals surface area contributed by atoms with Gasteiger partial charge in [-0.05, 0) is 5.92 Å². The minimum Gasteiger partial charge on any atom is -0.481 e. The maximum Gasteiger partial charge on any atom is 0.304 e. The van der Waals surface area contributed by atoms with Crippen molar-refractivity contribution < 1.29 is 14.6 Å². The lowest BCUT2D eigenvalue weighted by atomic mass is 10.0. The van der Waals surface area contributed by atoms with E-state index in [4.69, 9.17) is 9.84 Å². The zero-order chi connectivity index (χ0) is 13.5. The first kappa shape index (κ1) is 15.4. The molecule has 0 aromatic rings. The molecule has 1 fully saturated rings. The predicted octanol–water partition coefficient (Wildman–Crippen LogP) is 0.750. The minimum absolute atomic E-state index is 0.242. The molecule has 1 N–H and O–H groups in total. The number of carbonyl (C=O) groups is 1. The van der Waals surface area contributed by atoms with Crippen molar-refractivity contribution in [3.8, 4) is 0 Å². The molecule has 0 saturated carbocycles. The van der Waals surface area contributed by atoms with Crippen LogP contribution in [0.15, 0.2) is 0 Å². The second-order valence-electron chi connectivity index (χ2n) is 5.29. The summed E-state index contributed by atoms with van der Waals surface area (Å²) >= 11 is 0. The van der Waals surface area contributed by atoms with Gasteiger partial charge in [-0.3, -0.25) is 9.69 Å². The molecule has 0 amide bonds. The normalized spacial score (nSPS) is 20.2. The summed E-state index contributed by atoms with van der Waals surface area (Å²) in [7, 11) is 1.75. The molecule has 1 rings (SSSR count). The molecule has 0 aromatic heterocycles. The molecule has 0 aliphatic carbocycles. The fourth-order valence-electron chi connectivity index (χ4n) is 2.46. The van der Waals surface area contributed by atoms with E-state index in [0.717, 1.165) is 32.8 Å². The molecule has 0 bridgehead atoms. The molecular formula is C13H26N2O3. The highest BCUT2D eigenvalue weighted by atomic mass is 16.5. The second-order valence-corrected chi connectivity index (χ2v) is 5.29. The average molecular weight is 258 g/mol. The van der Waals surface area contributed by atoms with Crippen LogP contribution in [0.3, 0.4) is 0 Å². The van der Waals surface area contributed by atoms with Crippen LogP contribution in [-0.2, 0) is 9.53 Å². The number of methoxy groups -OCH3 is 1. The van der Waals surface area contributed by atoms with Gasteiger partial charge in [0.2, 0.25) is 0 Å². The fraction of sp³-hybridized carbons (Fsp3) is 0.923. The van der Waals surface area contributed by atoms with Gasteiger partial charge in [0.05, 0.1) is 13.0 Å². The highest BCUT2D eigenvalue weighted by Crippen LogP contribution is 2.14. The molecule has 1 unspecified atom stereocenters. The Hall–Kier alpha value is -0.650. The van der Waals surface area contributed by atoms with Crippen molar-refractivity contribution in [3.05, 3.63) is 0 Å². The molecule has 0 aromatic carbocycles. The zero-order valence-corrected chi connectivity index (χ0v) is 11.8. The van der Waals surface area contributed by atoms with Crippen molar-refractivity contribution in [3.63, 3.8) is 0 Å². The molecule has 5 nitrogen and oxygen atoms in total. The summed E-state index contributed by atoms with van der Waals surface area (Å²) in [5, 5.41) is 8.67. The van der Waals surface area contributed by atoms with Crippen LogP contribution in [0.2, 0.25) is 0 Å². The predicted molar refractivity (Wildman–Crippen MR) is 70.8 cm³/mol. The van der Waals surface area contributed by atoms with Gasteiger partial charge in [0.1, 0.15) is 0 Å². The summed E-state index contributed by atoms with van der Waals surface area (Å²) in [6, 6.07) is 0.469. The molecule has 1 saturated heterocycles. The van der Waals surface area contributed by atoms with Gasteiger partial charge in [-0.15, -0.1) is 0 Å². The van der Waals surface area contributed by atoms with E-state index in [1.807, 2.05) is 0 Å². The van der Waals surface area contributed by atoms with E-state index in [1.54, 1.807) is 7.11 Å². The first-order chi connectivity index (χ1) is 8.54. The molecule has 0 spiro atoms. The molecule has 106 valence electrons. The Balaban J connectivity index is 2.35. The van der Waals surface area contributed by atoms with Crippen LogP contribution in [-0.4, -0.2) is 73.4 Å². The van der Waals surface area contributed by atoms with Gasteiger partial charge in [-0.2, -0.15) is 0 Å². The summed E-state index contributed by atoms with van der Waals surface area (Å²) < 4.78 is 5.29. The highest BCUT2D eigenvalue weighted by molar-refractivity contribution is 5.66. The third kappa shape index (κ3) is 4.92. The van der Waals surface area contributed by atoms with Crippen LogP contribution in [0.5, 0.6) is 0 Å². The van der Waals surface area contributed by atoms with Crippen molar-refractivity contribution in [1.82, 2.24) is 9.80 Å². The number of carboxylic acid groups (broad SMARTS) is 1. The minimum atomic E-state index is -0.711. The largest absolute Gasteiger partial charge is 0.481 e. The number of hydrogen-bond donors (Lipinski definition) is 1. The monoisotopic (exact) mass is 258 g/mol. The van der Waals surface area contributed by atoms with Crippen LogP contribution in [0, 0.1) is 5.92 Å². The molecule has 1 atom stereocenters. The number of ether oxygens (including phenoxy) is 1.